The number of aliphatic hydroxyl groups excluding tert-OH is 1. The summed E-state index contributed by atoms with van der Waals surface area (Å²) >= 11 is 0. The molecule has 0 radical (unpaired) electrons. The number of aliphatic hydroxyl groups is 1. The third-order valence-electron chi connectivity index (χ3n) is 2.63. The summed E-state index contributed by atoms with van der Waals surface area (Å²) in [6.07, 6.45) is 0.433. The van der Waals surface area contributed by atoms with Gasteiger partial charge in [0, 0.05) is 13.1 Å². The Balaban J connectivity index is 2.63. The van der Waals surface area contributed by atoms with E-state index in [9.17, 15) is 9.90 Å². The standard InChI is InChI=1S/C9H19N3O2/c1-6(2)8(9(14)11-10)12-4-3-7(13)5-12/h6-8,13H,3-5,10H2,1-2H3,(H,11,14). The van der Waals surface area contributed by atoms with E-state index < -0.39 is 0 Å². The van der Waals surface area contributed by atoms with E-state index in [1.807, 2.05) is 18.7 Å². The molecule has 1 heterocycles. The molecule has 5 heteroatoms. The van der Waals surface area contributed by atoms with Crippen molar-refractivity contribution in [2.75, 3.05) is 13.1 Å². The third-order valence-corrected chi connectivity index (χ3v) is 2.63. The van der Waals surface area contributed by atoms with Gasteiger partial charge in [-0.1, -0.05) is 13.8 Å². The van der Waals surface area contributed by atoms with E-state index in [0.29, 0.717) is 6.54 Å². The Bertz CT molecular complexity index is 208. The van der Waals surface area contributed by atoms with Crippen LogP contribution in [0.2, 0.25) is 0 Å². The zero-order valence-electron chi connectivity index (χ0n) is 8.73. The number of nitrogens with zero attached hydrogens (tertiary/aromatic N) is 1. The fourth-order valence-corrected chi connectivity index (χ4v) is 2.00. The Labute approximate surface area is 84.2 Å². The van der Waals surface area contributed by atoms with E-state index in [0.717, 1.165) is 13.0 Å². The quantitative estimate of drug-likeness (QED) is 0.313. The molecular formula is C9H19N3O2. The van der Waals surface area contributed by atoms with Crippen molar-refractivity contribution in [3.05, 3.63) is 0 Å². The highest BCUT2D eigenvalue weighted by Gasteiger charge is 2.33. The SMILES string of the molecule is CC(C)C(C(=O)NN)N1CCC(O)C1. The van der Waals surface area contributed by atoms with Crippen molar-refractivity contribution in [3.8, 4) is 0 Å². The molecule has 0 spiro atoms. The van der Waals surface area contributed by atoms with Crippen LogP contribution < -0.4 is 11.3 Å². The molecule has 0 saturated carbocycles. The molecule has 14 heavy (non-hydrogen) atoms. The van der Waals surface area contributed by atoms with Crippen LogP contribution in [0.15, 0.2) is 0 Å². The molecule has 2 unspecified atom stereocenters. The van der Waals surface area contributed by atoms with E-state index in [-0.39, 0.29) is 24.0 Å². The maximum atomic E-state index is 11.5. The fraction of sp³-hybridized carbons (Fsp3) is 0.889. The molecule has 1 aliphatic heterocycles. The van der Waals surface area contributed by atoms with Crippen molar-refractivity contribution in [2.45, 2.75) is 32.4 Å². The lowest BCUT2D eigenvalue weighted by molar-refractivity contribution is -0.127. The number of hydrazine groups is 1. The van der Waals surface area contributed by atoms with Gasteiger partial charge in [0.1, 0.15) is 0 Å². The average molecular weight is 201 g/mol. The second kappa shape index (κ2) is 4.72. The number of β-amino-alcohol motifs (C(OH)–C–C–N with tert-alkyl or cyclic N) is 1. The van der Waals surface area contributed by atoms with Gasteiger partial charge in [0.25, 0.3) is 5.91 Å². The van der Waals surface area contributed by atoms with Crippen LogP contribution >= 0.6 is 0 Å². The Morgan fingerprint density at radius 2 is 2.29 bits per heavy atom. The molecular weight excluding hydrogens is 182 g/mol. The maximum absolute atomic E-state index is 11.5. The molecule has 4 N–H and O–H groups in total. The van der Waals surface area contributed by atoms with Gasteiger partial charge >= 0.3 is 0 Å². The first-order valence-corrected chi connectivity index (χ1v) is 4.98. The monoisotopic (exact) mass is 201 g/mol. The molecule has 1 amide bonds. The van der Waals surface area contributed by atoms with E-state index in [1.165, 1.54) is 0 Å². The van der Waals surface area contributed by atoms with Crippen molar-refractivity contribution in [1.29, 1.82) is 0 Å². The summed E-state index contributed by atoms with van der Waals surface area (Å²) in [5.74, 6) is 5.15. The highest BCUT2D eigenvalue weighted by atomic mass is 16.3. The zero-order chi connectivity index (χ0) is 10.7. The number of hydrogen-bond acceptors (Lipinski definition) is 4. The van der Waals surface area contributed by atoms with Crippen LogP contribution in [0.4, 0.5) is 0 Å². The van der Waals surface area contributed by atoms with Gasteiger partial charge in [-0.05, 0) is 12.3 Å². The molecule has 0 aromatic heterocycles. The van der Waals surface area contributed by atoms with E-state index in [2.05, 4.69) is 5.43 Å². The molecule has 1 aliphatic rings. The van der Waals surface area contributed by atoms with Gasteiger partial charge in [-0.15, -0.1) is 0 Å². The lowest BCUT2D eigenvalue weighted by atomic mass is 10.0. The summed E-state index contributed by atoms with van der Waals surface area (Å²) in [5, 5.41) is 9.38. The van der Waals surface area contributed by atoms with Gasteiger partial charge in [0.15, 0.2) is 0 Å². The normalized spacial score (nSPS) is 25.4. The van der Waals surface area contributed by atoms with Crippen molar-refractivity contribution < 1.29 is 9.90 Å². The van der Waals surface area contributed by atoms with Crippen LogP contribution in [0.1, 0.15) is 20.3 Å². The van der Waals surface area contributed by atoms with Gasteiger partial charge in [0.05, 0.1) is 12.1 Å². The van der Waals surface area contributed by atoms with E-state index in [1.54, 1.807) is 0 Å². The zero-order valence-corrected chi connectivity index (χ0v) is 8.73. The smallest absolute Gasteiger partial charge is 0.251 e. The number of nitrogens with one attached hydrogen (secondary N) is 1. The summed E-state index contributed by atoms with van der Waals surface area (Å²) in [4.78, 5) is 13.5. The summed E-state index contributed by atoms with van der Waals surface area (Å²) in [5.41, 5.74) is 2.18. The van der Waals surface area contributed by atoms with Gasteiger partial charge in [0.2, 0.25) is 0 Å². The van der Waals surface area contributed by atoms with E-state index >= 15 is 0 Å². The van der Waals surface area contributed by atoms with Gasteiger partial charge in [-0.2, -0.15) is 0 Å². The minimum atomic E-state index is -0.304. The molecule has 2 atom stereocenters. The molecule has 1 fully saturated rings. The maximum Gasteiger partial charge on any atom is 0.251 e. The van der Waals surface area contributed by atoms with Crippen LogP contribution in [-0.2, 0) is 4.79 Å². The molecule has 0 aromatic carbocycles. The van der Waals surface area contributed by atoms with Crippen LogP contribution in [0.3, 0.4) is 0 Å². The number of rotatable bonds is 3. The molecule has 1 rings (SSSR count). The Morgan fingerprint density at radius 3 is 2.64 bits per heavy atom. The Morgan fingerprint density at radius 1 is 1.64 bits per heavy atom. The van der Waals surface area contributed by atoms with Crippen LogP contribution in [0.5, 0.6) is 0 Å². The number of carbonyl (C=O) groups is 1. The van der Waals surface area contributed by atoms with E-state index in [4.69, 9.17) is 5.84 Å². The minimum absolute atomic E-state index is 0.172. The molecule has 0 aliphatic carbocycles. The second-order valence-corrected chi connectivity index (χ2v) is 4.13. The first kappa shape index (κ1) is 11.4. The molecule has 0 aromatic rings. The van der Waals surface area contributed by atoms with Crippen molar-refractivity contribution in [2.24, 2.45) is 11.8 Å². The summed E-state index contributed by atoms with van der Waals surface area (Å²) in [6, 6.07) is -0.225. The number of carbonyl (C=O) groups excluding carboxylic acids is 1. The molecule has 0 bridgehead atoms. The summed E-state index contributed by atoms with van der Waals surface area (Å²) in [6.45, 7) is 5.28. The van der Waals surface area contributed by atoms with Crippen molar-refractivity contribution in [1.82, 2.24) is 10.3 Å². The van der Waals surface area contributed by atoms with Crippen LogP contribution in [0, 0.1) is 5.92 Å². The fourth-order valence-electron chi connectivity index (χ4n) is 2.00. The highest BCUT2D eigenvalue weighted by Crippen LogP contribution is 2.17. The van der Waals surface area contributed by atoms with Crippen LogP contribution in [-0.4, -0.2) is 41.1 Å². The number of likely N-dealkylation sites (tertiary alicyclic amines) is 1. The second-order valence-electron chi connectivity index (χ2n) is 4.13. The Hall–Kier alpha value is -0.650. The van der Waals surface area contributed by atoms with Crippen molar-refractivity contribution in [3.63, 3.8) is 0 Å². The van der Waals surface area contributed by atoms with Crippen LogP contribution in [0.25, 0.3) is 0 Å². The minimum Gasteiger partial charge on any atom is -0.392 e. The third kappa shape index (κ3) is 2.43. The lowest BCUT2D eigenvalue weighted by Gasteiger charge is -2.28. The number of hydrogen-bond donors (Lipinski definition) is 3. The number of amides is 1. The van der Waals surface area contributed by atoms with Gasteiger partial charge in [-0.25, -0.2) is 5.84 Å². The largest absolute Gasteiger partial charge is 0.392 e. The first-order valence-electron chi connectivity index (χ1n) is 4.98. The number of nitrogens with two attached hydrogens (primary N) is 1. The highest BCUT2D eigenvalue weighted by molar-refractivity contribution is 5.81. The molecule has 82 valence electrons. The van der Waals surface area contributed by atoms with Crippen molar-refractivity contribution >= 4 is 5.91 Å². The topological polar surface area (TPSA) is 78.6 Å². The molecule has 5 nitrogen and oxygen atoms in total. The average Bonchev–Trinajstić information content (AvgIpc) is 2.51. The Kier molecular flexibility index (Phi) is 3.86. The first-order chi connectivity index (χ1) is 6.56. The van der Waals surface area contributed by atoms with Gasteiger partial charge < -0.3 is 5.11 Å². The predicted molar refractivity (Wildman–Crippen MR) is 53.2 cm³/mol. The summed E-state index contributed by atoms with van der Waals surface area (Å²) in [7, 11) is 0. The lowest BCUT2D eigenvalue weighted by Crippen LogP contribution is -2.51. The predicted octanol–water partition coefficient (Wildman–Crippen LogP) is -0.932. The van der Waals surface area contributed by atoms with Gasteiger partial charge in [-0.3, -0.25) is 15.1 Å². The summed E-state index contributed by atoms with van der Waals surface area (Å²) < 4.78 is 0. The molecule has 1 saturated heterocycles.